The number of hydrogen-bond acceptors (Lipinski definition) is 2. The summed E-state index contributed by atoms with van der Waals surface area (Å²) < 4.78 is 0. The van der Waals surface area contributed by atoms with Crippen LogP contribution >= 0.6 is 11.6 Å². The van der Waals surface area contributed by atoms with Crippen molar-refractivity contribution >= 4 is 29.0 Å². The second-order valence-electron chi connectivity index (χ2n) is 13.9. The van der Waals surface area contributed by atoms with Crippen LogP contribution in [-0.4, -0.2) is 29.3 Å². The van der Waals surface area contributed by atoms with Gasteiger partial charge in [0.1, 0.15) is 0 Å². The molecule has 0 fully saturated rings. The zero-order valence-corrected chi connectivity index (χ0v) is 32.3. The van der Waals surface area contributed by atoms with Gasteiger partial charge in [-0.05, 0) is 109 Å². The summed E-state index contributed by atoms with van der Waals surface area (Å²) in [6.07, 6.45) is 16.4. The smallest absolute Gasteiger partial charge is 0.258 e. The molecule has 0 unspecified atom stereocenters. The third kappa shape index (κ3) is 10.9. The first-order valence-electron chi connectivity index (χ1n) is 18.1. The maximum atomic E-state index is 13.5. The van der Waals surface area contributed by atoms with Gasteiger partial charge < -0.3 is 10.2 Å². The fourth-order valence-electron chi connectivity index (χ4n) is 6.23. The minimum atomic E-state index is -0.330. The summed E-state index contributed by atoms with van der Waals surface area (Å²) in [6.45, 7) is 25.5. The number of carbonyl (C=O) groups is 2. The molecule has 4 nitrogen and oxygen atoms in total. The highest BCUT2D eigenvalue weighted by molar-refractivity contribution is 6.31. The molecule has 1 N–H and O–H groups in total. The number of carbonyl (C=O) groups excluding carboxylic acids is 2. The van der Waals surface area contributed by atoms with Gasteiger partial charge in [0.15, 0.2) is 0 Å². The first kappa shape index (κ1) is 40.3. The zero-order chi connectivity index (χ0) is 37.0. The van der Waals surface area contributed by atoms with E-state index in [0.29, 0.717) is 53.1 Å². The first-order valence-corrected chi connectivity index (χ1v) is 18.5. The second kappa shape index (κ2) is 19.3. The first-order chi connectivity index (χ1) is 23.8. The van der Waals surface area contributed by atoms with Crippen LogP contribution in [0.2, 0.25) is 5.02 Å². The fourth-order valence-corrected chi connectivity index (χ4v) is 6.49. The van der Waals surface area contributed by atoms with Crippen molar-refractivity contribution < 1.29 is 9.59 Å². The van der Waals surface area contributed by atoms with Crippen molar-refractivity contribution in [3.8, 4) is 0 Å². The van der Waals surface area contributed by atoms with E-state index in [9.17, 15) is 9.59 Å². The maximum absolute atomic E-state index is 13.5. The van der Waals surface area contributed by atoms with Gasteiger partial charge in [-0.2, -0.15) is 0 Å². The van der Waals surface area contributed by atoms with Gasteiger partial charge in [-0.3, -0.25) is 9.59 Å². The molecule has 0 bridgehead atoms. The molecule has 0 aromatic heterocycles. The molecule has 1 heterocycles. The molecular weight excluding hydrogens is 636 g/mol. The Hall–Kier alpha value is -4.15. The summed E-state index contributed by atoms with van der Waals surface area (Å²) >= 11 is 6.54. The number of allylic oxidation sites excluding steroid dienone is 9. The van der Waals surface area contributed by atoms with Crippen molar-refractivity contribution in [2.75, 3.05) is 6.54 Å². The number of nitrogens with zero attached hydrogens (tertiary/aromatic N) is 1. The number of hydrogen-bond donors (Lipinski definition) is 1. The van der Waals surface area contributed by atoms with Crippen LogP contribution in [0, 0.1) is 11.8 Å². The van der Waals surface area contributed by atoms with E-state index in [1.165, 1.54) is 16.7 Å². The molecule has 1 atom stereocenters. The second-order valence-corrected chi connectivity index (χ2v) is 14.3. The Labute approximate surface area is 307 Å². The molecule has 5 heteroatoms. The number of rotatable bonds is 13. The Balaban J connectivity index is 0.000000578. The van der Waals surface area contributed by atoms with Crippen molar-refractivity contribution in [3.63, 3.8) is 0 Å². The van der Waals surface area contributed by atoms with Crippen molar-refractivity contribution in [2.24, 2.45) is 11.8 Å². The van der Waals surface area contributed by atoms with Crippen LogP contribution in [0.1, 0.15) is 102 Å². The number of amides is 2. The van der Waals surface area contributed by atoms with Gasteiger partial charge in [0.2, 0.25) is 0 Å². The Morgan fingerprint density at radius 1 is 1.02 bits per heavy atom. The van der Waals surface area contributed by atoms with Crippen molar-refractivity contribution in [1.29, 1.82) is 0 Å². The van der Waals surface area contributed by atoms with Crippen LogP contribution in [0.5, 0.6) is 0 Å². The Morgan fingerprint density at radius 2 is 1.70 bits per heavy atom. The van der Waals surface area contributed by atoms with Crippen LogP contribution in [0.4, 0.5) is 0 Å². The predicted molar refractivity (Wildman–Crippen MR) is 214 cm³/mol. The molecule has 0 radical (unpaired) electrons. The van der Waals surface area contributed by atoms with E-state index >= 15 is 0 Å². The van der Waals surface area contributed by atoms with Gasteiger partial charge in [0, 0.05) is 28.4 Å². The largest absolute Gasteiger partial charge is 0.347 e. The average Bonchev–Trinajstić information content (AvgIpc) is 3.31. The topological polar surface area (TPSA) is 49.4 Å². The molecule has 2 aromatic rings. The van der Waals surface area contributed by atoms with Gasteiger partial charge >= 0.3 is 0 Å². The summed E-state index contributed by atoms with van der Waals surface area (Å²) in [5.41, 5.74) is 10.0. The van der Waals surface area contributed by atoms with Crippen LogP contribution in [0.25, 0.3) is 5.57 Å². The van der Waals surface area contributed by atoms with Crippen molar-refractivity contribution in [2.45, 2.75) is 93.5 Å². The minimum Gasteiger partial charge on any atom is -0.347 e. The van der Waals surface area contributed by atoms with Gasteiger partial charge in [-0.15, -0.1) is 0 Å². The standard InChI is InChI=1S/C35H43ClN2O2.C10H14/c1-8-11-12-32-31(10-3)25(7)38(35(32)40)22-30(20-26-13-15-27(16-14-26)24(6)9-2)37-34(39)29-18-17-28(19-23(4)5)33(36)21-29;1-8(2)10-7-5-4-6-9(10)3/h9,11-18,21,23,30H,7-8,10,19-20,22H2,1-6H3,(H,37,39);4-5,7-8H,3,6H2,1-2H3/b12-11-,24-9+;/t30-;/m0./s1. The highest BCUT2D eigenvalue weighted by Crippen LogP contribution is 2.32. The van der Waals surface area contributed by atoms with Crippen LogP contribution in [0.3, 0.4) is 0 Å². The van der Waals surface area contributed by atoms with Crippen LogP contribution < -0.4 is 5.32 Å². The van der Waals surface area contributed by atoms with E-state index in [2.05, 4.69) is 102 Å². The van der Waals surface area contributed by atoms with Gasteiger partial charge in [-0.25, -0.2) is 0 Å². The van der Waals surface area contributed by atoms with Gasteiger partial charge in [0.05, 0.1) is 6.04 Å². The molecule has 2 aromatic carbocycles. The summed E-state index contributed by atoms with van der Waals surface area (Å²) in [5.74, 6) is 0.814. The average molecular weight is 693 g/mol. The summed E-state index contributed by atoms with van der Waals surface area (Å²) in [6, 6.07) is 13.5. The van der Waals surface area contributed by atoms with Gasteiger partial charge in [0.25, 0.3) is 11.8 Å². The third-order valence-corrected chi connectivity index (χ3v) is 9.51. The quantitative estimate of drug-likeness (QED) is 0.227. The highest BCUT2D eigenvalue weighted by Gasteiger charge is 2.33. The SMILES string of the molecule is C=C1C(CC)=C(/C=C\CC)C(=O)N1C[C@H](Cc1ccc(/C(C)=C/C)cc1)NC(=O)c1ccc(CC(C)C)c(Cl)c1.C=C1CC=CC=C1C(C)C. The molecule has 1 aliphatic carbocycles. The maximum Gasteiger partial charge on any atom is 0.258 e. The third-order valence-electron chi connectivity index (χ3n) is 9.16. The predicted octanol–water partition coefficient (Wildman–Crippen LogP) is 11.4. The normalized spacial score (nSPS) is 15.7. The van der Waals surface area contributed by atoms with E-state index in [4.69, 9.17) is 11.6 Å². The molecular formula is C45H57ClN2O2. The number of benzene rings is 2. The molecule has 0 saturated heterocycles. The monoisotopic (exact) mass is 692 g/mol. The minimum absolute atomic E-state index is 0.0639. The molecule has 2 amide bonds. The van der Waals surface area contributed by atoms with Gasteiger partial charge in [-0.1, -0.05) is 133 Å². The molecule has 266 valence electrons. The Bertz CT molecular complexity index is 1700. The lowest BCUT2D eigenvalue weighted by Gasteiger charge is -2.27. The fraction of sp³-hybridized carbons (Fsp3) is 0.378. The van der Waals surface area contributed by atoms with E-state index in [1.807, 2.05) is 45.1 Å². The lowest BCUT2D eigenvalue weighted by Crippen LogP contribution is -2.45. The molecule has 0 saturated carbocycles. The summed E-state index contributed by atoms with van der Waals surface area (Å²) in [5, 5.41) is 3.79. The van der Waals surface area contributed by atoms with E-state index < -0.39 is 0 Å². The molecule has 0 spiro atoms. The van der Waals surface area contributed by atoms with Crippen molar-refractivity contribution in [1.82, 2.24) is 10.2 Å². The Morgan fingerprint density at radius 3 is 2.24 bits per heavy atom. The zero-order valence-electron chi connectivity index (χ0n) is 31.5. The van der Waals surface area contributed by atoms with Crippen molar-refractivity contribution in [3.05, 3.63) is 147 Å². The summed E-state index contributed by atoms with van der Waals surface area (Å²) in [4.78, 5) is 28.6. The van der Waals surface area contributed by atoms with E-state index in [-0.39, 0.29) is 17.9 Å². The molecule has 50 heavy (non-hydrogen) atoms. The van der Waals surface area contributed by atoms with E-state index in [1.54, 1.807) is 11.0 Å². The lowest BCUT2D eigenvalue weighted by molar-refractivity contribution is -0.124. The lowest BCUT2D eigenvalue weighted by atomic mass is 9.91. The molecule has 4 rings (SSSR count). The number of halogens is 1. The van der Waals surface area contributed by atoms with Crippen LogP contribution in [-0.2, 0) is 17.6 Å². The molecule has 2 aliphatic rings. The number of nitrogens with one attached hydrogen (secondary N) is 1. The van der Waals surface area contributed by atoms with Crippen LogP contribution in [0.15, 0.2) is 120 Å². The molecule has 1 aliphatic heterocycles. The highest BCUT2D eigenvalue weighted by atomic mass is 35.5. The Kier molecular flexibility index (Phi) is 15.5. The van der Waals surface area contributed by atoms with E-state index in [0.717, 1.165) is 41.5 Å². The summed E-state index contributed by atoms with van der Waals surface area (Å²) in [7, 11) is 0.